The Morgan fingerprint density at radius 3 is 2.80 bits per heavy atom. The van der Waals surface area contributed by atoms with Gasteiger partial charge in [0.15, 0.2) is 0 Å². The lowest BCUT2D eigenvalue weighted by Gasteiger charge is -2.28. The molecule has 2 N–H and O–H groups in total. The first-order valence-corrected chi connectivity index (χ1v) is 4.28. The maximum absolute atomic E-state index is 3.51. The van der Waals surface area contributed by atoms with E-state index in [0.717, 1.165) is 25.6 Å². The summed E-state index contributed by atoms with van der Waals surface area (Å²) in [5, 5.41) is 6.89. The van der Waals surface area contributed by atoms with Crippen LogP contribution >= 0.6 is 0 Å². The van der Waals surface area contributed by atoms with E-state index in [2.05, 4.69) is 24.5 Å². The molecule has 2 unspecified atom stereocenters. The minimum absolute atomic E-state index is 0.707. The van der Waals surface area contributed by atoms with Gasteiger partial charge in [-0.15, -0.1) is 0 Å². The zero-order valence-electron chi connectivity index (χ0n) is 6.98. The molecule has 2 atom stereocenters. The third-order valence-electron chi connectivity index (χ3n) is 2.40. The summed E-state index contributed by atoms with van der Waals surface area (Å²) in [7, 11) is 0. The van der Waals surface area contributed by atoms with Crippen LogP contribution in [0.5, 0.6) is 0 Å². The van der Waals surface area contributed by atoms with Gasteiger partial charge in [0.1, 0.15) is 0 Å². The zero-order chi connectivity index (χ0) is 7.40. The van der Waals surface area contributed by atoms with E-state index in [9.17, 15) is 0 Å². The second-order valence-electron chi connectivity index (χ2n) is 3.15. The van der Waals surface area contributed by atoms with Crippen molar-refractivity contribution in [2.75, 3.05) is 19.6 Å². The Labute approximate surface area is 63.4 Å². The second kappa shape index (κ2) is 3.94. The van der Waals surface area contributed by atoms with Crippen LogP contribution < -0.4 is 10.6 Å². The van der Waals surface area contributed by atoms with E-state index in [1.807, 2.05) is 0 Å². The summed E-state index contributed by atoms with van der Waals surface area (Å²) in [5.41, 5.74) is 0. The van der Waals surface area contributed by atoms with Crippen LogP contribution in [-0.4, -0.2) is 25.7 Å². The molecule has 0 aromatic rings. The molecule has 60 valence electrons. The third kappa shape index (κ3) is 1.96. The molecule has 1 fully saturated rings. The van der Waals surface area contributed by atoms with Crippen molar-refractivity contribution in [1.29, 1.82) is 0 Å². The molecule has 0 radical (unpaired) electrons. The Kier molecular flexibility index (Phi) is 3.16. The van der Waals surface area contributed by atoms with E-state index >= 15 is 0 Å². The fraction of sp³-hybridized carbons (Fsp3) is 1.00. The van der Waals surface area contributed by atoms with Gasteiger partial charge in [0, 0.05) is 25.7 Å². The van der Waals surface area contributed by atoms with Gasteiger partial charge in [-0.1, -0.05) is 20.3 Å². The summed E-state index contributed by atoms with van der Waals surface area (Å²) < 4.78 is 0. The van der Waals surface area contributed by atoms with Gasteiger partial charge in [0.05, 0.1) is 0 Å². The van der Waals surface area contributed by atoms with Crippen molar-refractivity contribution in [1.82, 2.24) is 10.6 Å². The quantitative estimate of drug-likeness (QED) is 0.590. The number of nitrogens with one attached hydrogen (secondary N) is 2. The first-order valence-electron chi connectivity index (χ1n) is 4.28. The highest BCUT2D eigenvalue weighted by atomic mass is 15.1. The molecule has 1 saturated heterocycles. The number of rotatable bonds is 2. The van der Waals surface area contributed by atoms with Crippen molar-refractivity contribution in [2.45, 2.75) is 26.3 Å². The van der Waals surface area contributed by atoms with Gasteiger partial charge in [0.25, 0.3) is 0 Å². The molecule has 2 nitrogen and oxygen atoms in total. The van der Waals surface area contributed by atoms with Gasteiger partial charge in [-0.2, -0.15) is 0 Å². The molecular weight excluding hydrogens is 124 g/mol. The maximum atomic E-state index is 3.51. The van der Waals surface area contributed by atoms with Crippen molar-refractivity contribution < 1.29 is 0 Å². The Balaban J connectivity index is 2.24. The smallest absolute Gasteiger partial charge is 0.0218 e. The average Bonchev–Trinajstić information content (AvgIpc) is 2.05. The molecule has 0 amide bonds. The van der Waals surface area contributed by atoms with E-state index in [1.54, 1.807) is 0 Å². The Hall–Kier alpha value is -0.0800. The largest absolute Gasteiger partial charge is 0.314 e. The summed E-state index contributed by atoms with van der Waals surface area (Å²) in [6, 6.07) is 0.707. The van der Waals surface area contributed by atoms with Crippen LogP contribution in [0.25, 0.3) is 0 Å². The van der Waals surface area contributed by atoms with Crippen molar-refractivity contribution >= 4 is 0 Å². The Bertz CT molecular complexity index is 87.3. The van der Waals surface area contributed by atoms with Crippen molar-refractivity contribution in [3.05, 3.63) is 0 Å². The van der Waals surface area contributed by atoms with Gasteiger partial charge in [-0.05, 0) is 5.92 Å². The average molecular weight is 142 g/mol. The molecule has 1 heterocycles. The standard InChI is InChI=1S/C8H18N2/c1-3-7(2)8-6-9-4-5-10-8/h7-10H,3-6H2,1-2H3. The van der Waals surface area contributed by atoms with E-state index in [0.29, 0.717) is 6.04 Å². The van der Waals surface area contributed by atoms with Gasteiger partial charge >= 0.3 is 0 Å². The van der Waals surface area contributed by atoms with Crippen LogP contribution in [0.15, 0.2) is 0 Å². The lowest BCUT2D eigenvalue weighted by atomic mass is 9.98. The number of piperazine rings is 1. The van der Waals surface area contributed by atoms with Gasteiger partial charge in [-0.25, -0.2) is 0 Å². The maximum Gasteiger partial charge on any atom is 0.0218 e. The van der Waals surface area contributed by atoms with Crippen LogP contribution in [0.3, 0.4) is 0 Å². The van der Waals surface area contributed by atoms with Crippen molar-refractivity contribution in [3.8, 4) is 0 Å². The summed E-state index contributed by atoms with van der Waals surface area (Å²) >= 11 is 0. The number of hydrogen-bond acceptors (Lipinski definition) is 2. The van der Waals surface area contributed by atoms with Crippen LogP contribution in [0, 0.1) is 5.92 Å². The highest BCUT2D eigenvalue weighted by Gasteiger charge is 2.16. The normalized spacial score (nSPS) is 30.0. The van der Waals surface area contributed by atoms with Crippen LogP contribution in [0.2, 0.25) is 0 Å². The summed E-state index contributed by atoms with van der Waals surface area (Å²) in [6.45, 7) is 7.97. The third-order valence-corrected chi connectivity index (χ3v) is 2.40. The predicted octanol–water partition coefficient (Wildman–Crippen LogP) is 0.594. The lowest BCUT2D eigenvalue weighted by Crippen LogP contribution is -2.51. The second-order valence-corrected chi connectivity index (χ2v) is 3.15. The highest BCUT2D eigenvalue weighted by molar-refractivity contribution is 4.78. The Morgan fingerprint density at radius 1 is 1.50 bits per heavy atom. The van der Waals surface area contributed by atoms with E-state index in [-0.39, 0.29) is 0 Å². The van der Waals surface area contributed by atoms with Gasteiger partial charge in [-0.3, -0.25) is 0 Å². The van der Waals surface area contributed by atoms with Gasteiger partial charge in [0.2, 0.25) is 0 Å². The summed E-state index contributed by atoms with van der Waals surface area (Å²) in [5.74, 6) is 0.813. The fourth-order valence-electron chi connectivity index (χ4n) is 1.36. The summed E-state index contributed by atoms with van der Waals surface area (Å²) in [4.78, 5) is 0. The molecule has 0 spiro atoms. The molecular formula is C8H18N2. The van der Waals surface area contributed by atoms with Gasteiger partial charge < -0.3 is 10.6 Å². The predicted molar refractivity (Wildman–Crippen MR) is 44.1 cm³/mol. The topological polar surface area (TPSA) is 24.1 Å². The molecule has 0 bridgehead atoms. The molecule has 1 aliphatic rings. The Morgan fingerprint density at radius 2 is 2.30 bits per heavy atom. The zero-order valence-corrected chi connectivity index (χ0v) is 6.98. The van der Waals surface area contributed by atoms with Crippen molar-refractivity contribution in [2.24, 2.45) is 5.92 Å². The molecule has 2 heteroatoms. The molecule has 0 saturated carbocycles. The highest BCUT2D eigenvalue weighted by Crippen LogP contribution is 2.07. The fourth-order valence-corrected chi connectivity index (χ4v) is 1.36. The first kappa shape index (κ1) is 8.02. The SMILES string of the molecule is CCC(C)C1CNCCN1. The monoisotopic (exact) mass is 142 g/mol. The number of hydrogen-bond donors (Lipinski definition) is 2. The summed E-state index contributed by atoms with van der Waals surface area (Å²) in [6.07, 6.45) is 1.28. The molecule has 1 rings (SSSR count). The van der Waals surface area contributed by atoms with Crippen molar-refractivity contribution in [3.63, 3.8) is 0 Å². The minimum Gasteiger partial charge on any atom is -0.314 e. The molecule has 0 aromatic carbocycles. The van der Waals surface area contributed by atoms with E-state index < -0.39 is 0 Å². The lowest BCUT2D eigenvalue weighted by molar-refractivity contribution is 0.319. The van der Waals surface area contributed by atoms with E-state index in [4.69, 9.17) is 0 Å². The van der Waals surface area contributed by atoms with Crippen LogP contribution in [0.1, 0.15) is 20.3 Å². The van der Waals surface area contributed by atoms with Crippen LogP contribution in [-0.2, 0) is 0 Å². The van der Waals surface area contributed by atoms with Crippen LogP contribution in [0.4, 0.5) is 0 Å². The minimum atomic E-state index is 0.707. The first-order chi connectivity index (χ1) is 4.84. The molecule has 1 aliphatic heterocycles. The molecule has 10 heavy (non-hydrogen) atoms. The molecule has 0 aliphatic carbocycles. The molecule has 0 aromatic heterocycles. The van der Waals surface area contributed by atoms with E-state index in [1.165, 1.54) is 6.42 Å².